The van der Waals surface area contributed by atoms with E-state index in [0.717, 1.165) is 120 Å². The van der Waals surface area contributed by atoms with Gasteiger partial charge in [-0.25, -0.2) is 9.13 Å². The van der Waals surface area contributed by atoms with Crippen molar-refractivity contribution in [2.24, 2.45) is 23.7 Å². The van der Waals surface area contributed by atoms with E-state index in [1.165, 1.54) is 238 Å². The molecule has 0 aliphatic rings. The first-order valence-corrected chi connectivity index (χ1v) is 46.8. The van der Waals surface area contributed by atoms with Crippen LogP contribution in [0.2, 0.25) is 0 Å². The van der Waals surface area contributed by atoms with Crippen molar-refractivity contribution in [3.05, 3.63) is 0 Å². The minimum absolute atomic E-state index is 0.107. The zero-order valence-corrected chi connectivity index (χ0v) is 70.5. The number of phosphoric acid groups is 2. The highest BCUT2D eigenvalue weighted by molar-refractivity contribution is 7.47. The second-order valence-electron chi connectivity index (χ2n) is 31.8. The molecule has 0 aliphatic heterocycles. The summed E-state index contributed by atoms with van der Waals surface area (Å²) in [6, 6.07) is 0. The van der Waals surface area contributed by atoms with Gasteiger partial charge in [0.15, 0.2) is 12.2 Å². The number of rotatable bonds is 82. The molecular weight excluding hydrogens is 1350 g/mol. The normalized spacial score (nSPS) is 14.7. The van der Waals surface area contributed by atoms with Crippen molar-refractivity contribution in [1.29, 1.82) is 0 Å². The van der Waals surface area contributed by atoms with Crippen LogP contribution in [0, 0.1) is 23.7 Å². The summed E-state index contributed by atoms with van der Waals surface area (Å²) in [4.78, 5) is 73.2. The van der Waals surface area contributed by atoms with Crippen molar-refractivity contribution >= 4 is 39.5 Å². The van der Waals surface area contributed by atoms with Gasteiger partial charge in [-0.15, -0.1) is 0 Å². The Labute approximate surface area is 638 Å². The topological polar surface area (TPSA) is 237 Å². The fraction of sp³-hybridized carbons (Fsp3) is 0.953. The van der Waals surface area contributed by atoms with E-state index < -0.39 is 97.5 Å². The largest absolute Gasteiger partial charge is 0.472 e. The first-order valence-electron chi connectivity index (χ1n) is 43.8. The average molecular weight is 1520 g/mol. The van der Waals surface area contributed by atoms with Gasteiger partial charge in [0.1, 0.15) is 19.3 Å². The Morgan fingerprint density at radius 1 is 0.269 bits per heavy atom. The molecule has 0 aromatic carbocycles. The van der Waals surface area contributed by atoms with E-state index in [0.29, 0.717) is 25.7 Å². The minimum Gasteiger partial charge on any atom is -0.462 e. The van der Waals surface area contributed by atoms with Gasteiger partial charge >= 0.3 is 39.5 Å². The lowest BCUT2D eigenvalue weighted by Crippen LogP contribution is -2.30. The molecule has 19 heteroatoms. The maximum atomic E-state index is 13.1. The van der Waals surface area contributed by atoms with Gasteiger partial charge in [0, 0.05) is 25.7 Å². The third-order valence-electron chi connectivity index (χ3n) is 20.9. The monoisotopic (exact) mass is 1520 g/mol. The smallest absolute Gasteiger partial charge is 0.462 e. The highest BCUT2D eigenvalue weighted by Gasteiger charge is 2.31. The summed E-state index contributed by atoms with van der Waals surface area (Å²) in [7, 11) is -9.93. The Bertz CT molecular complexity index is 2030. The summed E-state index contributed by atoms with van der Waals surface area (Å²) in [5.41, 5.74) is 0. The average Bonchev–Trinajstić information content (AvgIpc) is 0.903. The molecule has 0 radical (unpaired) electrons. The second-order valence-corrected chi connectivity index (χ2v) is 34.7. The van der Waals surface area contributed by atoms with Crippen LogP contribution in [-0.2, 0) is 65.4 Å². The number of carbonyl (C=O) groups is 4. The number of hydrogen-bond acceptors (Lipinski definition) is 15. The molecule has 5 unspecified atom stereocenters. The molecule has 8 atom stereocenters. The van der Waals surface area contributed by atoms with E-state index in [2.05, 4.69) is 55.4 Å². The van der Waals surface area contributed by atoms with Crippen molar-refractivity contribution in [2.45, 2.75) is 459 Å². The number of carbonyl (C=O) groups excluding carboxylic acids is 4. The summed E-state index contributed by atoms with van der Waals surface area (Å²) in [6.07, 6.45) is 62.4. The Hall–Kier alpha value is -1.94. The van der Waals surface area contributed by atoms with Crippen LogP contribution >= 0.6 is 15.6 Å². The van der Waals surface area contributed by atoms with Crippen LogP contribution in [0.25, 0.3) is 0 Å². The van der Waals surface area contributed by atoms with Crippen LogP contribution in [0.4, 0.5) is 0 Å². The lowest BCUT2D eigenvalue weighted by molar-refractivity contribution is -0.161. The number of phosphoric ester groups is 2. The Morgan fingerprint density at radius 2 is 0.462 bits per heavy atom. The molecule has 0 fully saturated rings. The summed E-state index contributed by atoms with van der Waals surface area (Å²) >= 11 is 0. The quantitative estimate of drug-likeness (QED) is 0.0222. The third-order valence-corrected chi connectivity index (χ3v) is 22.8. The molecular formula is C85H166O17P2. The second kappa shape index (κ2) is 73.8. The third kappa shape index (κ3) is 74.2. The van der Waals surface area contributed by atoms with E-state index in [4.69, 9.17) is 37.0 Å². The Balaban J connectivity index is 5.21. The van der Waals surface area contributed by atoms with Crippen LogP contribution in [0.15, 0.2) is 0 Å². The highest BCUT2D eigenvalue weighted by atomic mass is 31.2. The van der Waals surface area contributed by atoms with Gasteiger partial charge in [-0.05, 0) is 49.4 Å². The molecule has 0 saturated heterocycles. The fourth-order valence-electron chi connectivity index (χ4n) is 13.0. The summed E-state index contributed by atoms with van der Waals surface area (Å²) in [5, 5.41) is 10.7. The molecule has 3 N–H and O–H groups in total. The summed E-state index contributed by atoms with van der Waals surface area (Å²) in [5.74, 6) is 1.11. The van der Waals surface area contributed by atoms with E-state index >= 15 is 0 Å². The minimum atomic E-state index is -4.96. The predicted molar refractivity (Wildman–Crippen MR) is 428 cm³/mol. The van der Waals surface area contributed by atoms with Crippen molar-refractivity contribution in [1.82, 2.24) is 0 Å². The molecule has 0 rings (SSSR count). The van der Waals surface area contributed by atoms with Crippen molar-refractivity contribution in [2.75, 3.05) is 39.6 Å². The molecule has 0 saturated carbocycles. The van der Waals surface area contributed by atoms with Gasteiger partial charge in [0.2, 0.25) is 0 Å². The Morgan fingerprint density at radius 3 is 0.683 bits per heavy atom. The van der Waals surface area contributed by atoms with Crippen molar-refractivity contribution < 1.29 is 80.2 Å². The highest BCUT2D eigenvalue weighted by Crippen LogP contribution is 2.45. The van der Waals surface area contributed by atoms with E-state index in [-0.39, 0.29) is 25.7 Å². The zero-order valence-electron chi connectivity index (χ0n) is 68.7. The van der Waals surface area contributed by atoms with Crippen LogP contribution in [0.3, 0.4) is 0 Å². The Kier molecular flexibility index (Phi) is 72.5. The SMILES string of the molecule is CCC(C)CCCCCCCCCCCCCCCCCCCCC(=O)O[C@H](COC(=O)CCCCCCCCC(C)CC)COP(=O)(O)OC[C@H](O)COP(=O)(O)OC[C@@H](COC(=O)CCCCCCCCCCCCCC(C)C)OC(=O)CCCCCCCCCCCCCCCCC(C)CC. The lowest BCUT2D eigenvalue weighted by Gasteiger charge is -2.21. The number of esters is 4. The van der Waals surface area contributed by atoms with Crippen LogP contribution in [-0.4, -0.2) is 96.7 Å². The maximum Gasteiger partial charge on any atom is 0.472 e. The van der Waals surface area contributed by atoms with Crippen molar-refractivity contribution in [3.63, 3.8) is 0 Å². The molecule has 0 aromatic rings. The van der Waals surface area contributed by atoms with Gasteiger partial charge < -0.3 is 33.8 Å². The number of unbranched alkanes of at least 4 members (excludes halogenated alkanes) is 45. The predicted octanol–water partition coefficient (Wildman–Crippen LogP) is 25.6. The first kappa shape index (κ1) is 102. The van der Waals surface area contributed by atoms with Crippen LogP contribution in [0.5, 0.6) is 0 Å². The zero-order chi connectivity index (χ0) is 76.7. The molecule has 0 bridgehead atoms. The van der Waals surface area contributed by atoms with Gasteiger partial charge in [-0.1, -0.05) is 389 Å². The molecule has 0 amide bonds. The summed E-state index contributed by atoms with van der Waals surface area (Å²) in [6.45, 7) is 14.4. The van der Waals surface area contributed by atoms with E-state index in [1.54, 1.807) is 0 Å². The molecule has 0 aliphatic carbocycles. The van der Waals surface area contributed by atoms with Gasteiger partial charge in [0.05, 0.1) is 26.4 Å². The molecule has 618 valence electrons. The van der Waals surface area contributed by atoms with Crippen LogP contribution in [0.1, 0.15) is 441 Å². The standard InChI is InChI=1S/C85H166O17P2/c1-9-76(6)62-54-46-38-32-26-20-16-14-12-13-15-17-22-28-35-41-51-59-68-85(90)102-81(72-96-83(88)66-58-50-44-43-48-56-64-78(8)11-3)74-100-104(93,94)98-70-79(86)69-97-103(91,92)99-73-80(71-95-82(87)65-57-49-40-34-30-24-25-31-37-45-53-61-75(4)5)101-84(89)67-60-52-42-36-29-23-19-18-21-27-33-39-47-55-63-77(7)10-2/h75-81,86H,9-74H2,1-8H3,(H,91,92)(H,93,94)/t76?,77?,78?,79-,80-,81-/m1/s1. The van der Waals surface area contributed by atoms with E-state index in [1.807, 2.05) is 0 Å². The fourth-order valence-corrected chi connectivity index (χ4v) is 14.6. The molecule has 0 heterocycles. The molecule has 104 heavy (non-hydrogen) atoms. The number of hydrogen-bond donors (Lipinski definition) is 3. The number of ether oxygens (including phenoxy) is 4. The van der Waals surface area contributed by atoms with Crippen molar-refractivity contribution in [3.8, 4) is 0 Å². The number of aliphatic hydroxyl groups is 1. The van der Waals surface area contributed by atoms with Gasteiger partial charge in [-0.3, -0.25) is 37.3 Å². The van der Waals surface area contributed by atoms with Gasteiger partial charge in [-0.2, -0.15) is 0 Å². The first-order chi connectivity index (χ1) is 50.2. The molecule has 17 nitrogen and oxygen atoms in total. The number of aliphatic hydroxyl groups excluding tert-OH is 1. The summed E-state index contributed by atoms with van der Waals surface area (Å²) < 4.78 is 68.8. The van der Waals surface area contributed by atoms with Gasteiger partial charge in [0.25, 0.3) is 0 Å². The molecule has 0 spiro atoms. The van der Waals surface area contributed by atoms with Crippen LogP contribution < -0.4 is 0 Å². The maximum absolute atomic E-state index is 13.1. The lowest BCUT2D eigenvalue weighted by atomic mass is 9.99. The molecule has 0 aromatic heterocycles. The van der Waals surface area contributed by atoms with E-state index in [9.17, 15) is 43.2 Å².